The molecule has 9 nitrogen and oxygen atoms in total. The zero-order valence-corrected chi connectivity index (χ0v) is 17.0. The summed E-state index contributed by atoms with van der Waals surface area (Å²) < 4.78 is 96.9. The van der Waals surface area contributed by atoms with Gasteiger partial charge in [-0.1, -0.05) is 24.3 Å². The molecule has 148 valence electrons. The van der Waals surface area contributed by atoms with E-state index < -0.39 is 53.1 Å². The van der Waals surface area contributed by atoms with Gasteiger partial charge >= 0.3 is 0 Å². The van der Waals surface area contributed by atoms with E-state index in [1.807, 2.05) is 0 Å². The van der Waals surface area contributed by atoms with E-state index in [0.717, 1.165) is 24.3 Å². The molecule has 2 aromatic rings. The Morgan fingerprint density at radius 2 is 1.11 bits per heavy atom. The van der Waals surface area contributed by atoms with E-state index in [4.69, 9.17) is 0 Å². The van der Waals surface area contributed by atoms with Crippen LogP contribution in [-0.4, -0.2) is 43.9 Å². The monoisotopic (exact) mass is 454 g/mol. The van der Waals surface area contributed by atoms with Gasteiger partial charge in [0.25, 0.3) is 30.4 Å². The maximum Gasteiger partial charge on any atom is 0.294 e. The van der Waals surface area contributed by atoms with Crippen LogP contribution < -0.4 is 10.6 Å². The Bertz CT molecular complexity index is 1100. The van der Waals surface area contributed by atoms with Gasteiger partial charge < -0.3 is 0 Å². The van der Waals surface area contributed by atoms with E-state index in [2.05, 4.69) is 0 Å². The summed E-state index contributed by atoms with van der Waals surface area (Å²) in [6, 6.07) is 9.61. The zero-order valence-electron chi connectivity index (χ0n) is 13.7. The molecule has 2 aromatic carbocycles. The van der Waals surface area contributed by atoms with Crippen molar-refractivity contribution in [3.05, 3.63) is 48.5 Å². The Labute approximate surface area is 158 Å². The van der Waals surface area contributed by atoms with Crippen molar-refractivity contribution in [1.29, 1.82) is 0 Å². The standard InChI is InChI=1S/C14H15O9PS3/c1-10(25(15,16)17)24(11-4-2-6-13(8-11)26(18,19)20)12-5-3-7-14(9-12)27(21,22)23/h2-10H,1H3,(H,15,16,17)(H,18,19,20)(H,21,22,23). The highest BCUT2D eigenvalue weighted by Crippen LogP contribution is 2.42. The summed E-state index contributed by atoms with van der Waals surface area (Å²) in [4.78, 5) is -2.40. The van der Waals surface area contributed by atoms with Crippen LogP contribution in [0.1, 0.15) is 6.92 Å². The fourth-order valence-electron chi connectivity index (χ4n) is 2.29. The highest BCUT2D eigenvalue weighted by Gasteiger charge is 2.31. The lowest BCUT2D eigenvalue weighted by Gasteiger charge is -2.24. The Hall–Kier alpha value is -1.40. The average molecular weight is 454 g/mol. The molecule has 27 heavy (non-hydrogen) atoms. The Morgan fingerprint density at radius 3 is 1.41 bits per heavy atom. The molecule has 0 bridgehead atoms. The van der Waals surface area contributed by atoms with Gasteiger partial charge in [-0.05, 0) is 49.7 Å². The van der Waals surface area contributed by atoms with Crippen molar-refractivity contribution in [2.75, 3.05) is 0 Å². The van der Waals surface area contributed by atoms with E-state index in [9.17, 15) is 38.9 Å². The molecule has 0 aliphatic heterocycles. The lowest BCUT2D eigenvalue weighted by molar-refractivity contribution is 0.480. The summed E-state index contributed by atoms with van der Waals surface area (Å²) in [6.07, 6.45) is 0. The van der Waals surface area contributed by atoms with E-state index in [1.165, 1.54) is 31.2 Å². The lowest BCUT2D eigenvalue weighted by atomic mass is 10.4. The summed E-state index contributed by atoms with van der Waals surface area (Å²) >= 11 is 0. The average Bonchev–Trinajstić information content (AvgIpc) is 2.53. The fourth-order valence-corrected chi connectivity index (χ4v) is 7.50. The molecule has 0 aliphatic carbocycles. The van der Waals surface area contributed by atoms with Gasteiger partial charge in [0.2, 0.25) is 0 Å². The predicted molar refractivity (Wildman–Crippen MR) is 99.7 cm³/mol. The highest BCUT2D eigenvalue weighted by molar-refractivity contribution is 7.97. The molecule has 1 unspecified atom stereocenters. The van der Waals surface area contributed by atoms with Gasteiger partial charge in [-0.3, -0.25) is 13.7 Å². The van der Waals surface area contributed by atoms with Gasteiger partial charge in [0.15, 0.2) is 0 Å². The molecule has 1 atom stereocenters. The topological polar surface area (TPSA) is 163 Å². The third kappa shape index (κ3) is 5.32. The molecule has 0 radical (unpaired) electrons. The predicted octanol–water partition coefficient (Wildman–Crippen LogP) is 0.847. The molecule has 0 fully saturated rings. The Balaban J connectivity index is 2.75. The van der Waals surface area contributed by atoms with Crippen LogP contribution in [-0.2, 0) is 30.4 Å². The van der Waals surface area contributed by atoms with Crippen LogP contribution in [0, 0.1) is 0 Å². The molecule has 13 heteroatoms. The number of rotatable bonds is 6. The molecular weight excluding hydrogens is 439 g/mol. The summed E-state index contributed by atoms with van der Waals surface area (Å²) in [5.41, 5.74) is 0. The molecule has 2 rings (SSSR count). The van der Waals surface area contributed by atoms with Crippen LogP contribution in [0.2, 0.25) is 0 Å². The lowest BCUT2D eigenvalue weighted by Crippen LogP contribution is -2.26. The van der Waals surface area contributed by atoms with Gasteiger partial charge in [0.1, 0.15) is 4.99 Å². The van der Waals surface area contributed by atoms with Crippen LogP contribution in [0.3, 0.4) is 0 Å². The molecule has 0 saturated heterocycles. The van der Waals surface area contributed by atoms with E-state index in [1.54, 1.807) is 0 Å². The second-order valence-electron chi connectivity index (χ2n) is 5.43. The number of benzene rings is 2. The normalized spacial score (nSPS) is 14.3. The largest absolute Gasteiger partial charge is 0.294 e. The summed E-state index contributed by atoms with van der Waals surface area (Å²) in [6.45, 7) is 1.18. The second kappa shape index (κ2) is 7.55. The van der Waals surface area contributed by atoms with Crippen LogP contribution in [0.4, 0.5) is 0 Å². The van der Waals surface area contributed by atoms with Crippen molar-refractivity contribution in [1.82, 2.24) is 0 Å². The first-order chi connectivity index (χ1) is 12.2. The van der Waals surface area contributed by atoms with Gasteiger partial charge in [-0.2, -0.15) is 25.3 Å². The van der Waals surface area contributed by atoms with Crippen molar-refractivity contribution in [3.8, 4) is 0 Å². The Kier molecular flexibility index (Phi) is 6.12. The van der Waals surface area contributed by atoms with Gasteiger partial charge in [-0.25, -0.2) is 0 Å². The number of hydrogen-bond acceptors (Lipinski definition) is 6. The third-order valence-electron chi connectivity index (χ3n) is 3.58. The van der Waals surface area contributed by atoms with Crippen LogP contribution in [0.25, 0.3) is 0 Å². The van der Waals surface area contributed by atoms with Crippen LogP contribution in [0.15, 0.2) is 58.3 Å². The van der Waals surface area contributed by atoms with E-state index in [-0.39, 0.29) is 10.6 Å². The number of hydrogen-bond donors (Lipinski definition) is 3. The minimum atomic E-state index is -4.59. The van der Waals surface area contributed by atoms with Gasteiger partial charge in [-0.15, -0.1) is 0 Å². The maximum atomic E-state index is 11.7. The summed E-state index contributed by atoms with van der Waals surface area (Å²) in [5.74, 6) is 0. The van der Waals surface area contributed by atoms with Crippen molar-refractivity contribution < 1.29 is 38.9 Å². The molecule has 0 aromatic heterocycles. The van der Waals surface area contributed by atoms with Gasteiger partial charge in [0, 0.05) is 0 Å². The first-order valence-electron chi connectivity index (χ1n) is 7.12. The third-order valence-corrected chi connectivity index (χ3v) is 9.97. The first kappa shape index (κ1) is 21.9. The van der Waals surface area contributed by atoms with Crippen molar-refractivity contribution in [2.24, 2.45) is 0 Å². The van der Waals surface area contributed by atoms with Gasteiger partial charge in [0.05, 0.1) is 9.79 Å². The highest BCUT2D eigenvalue weighted by atomic mass is 32.2. The molecule has 3 N–H and O–H groups in total. The van der Waals surface area contributed by atoms with E-state index >= 15 is 0 Å². The van der Waals surface area contributed by atoms with Crippen molar-refractivity contribution >= 4 is 48.9 Å². The van der Waals surface area contributed by atoms with E-state index in [0.29, 0.717) is 0 Å². The Morgan fingerprint density at radius 1 is 0.741 bits per heavy atom. The van der Waals surface area contributed by atoms with Crippen molar-refractivity contribution in [3.63, 3.8) is 0 Å². The SMILES string of the molecule is CC(P(c1cccc(S(=O)(=O)O)c1)c1cccc(S(=O)(=O)O)c1)S(=O)(=O)O. The summed E-state index contributed by atoms with van der Waals surface area (Å²) in [7, 11) is -15.7. The molecule has 0 aliphatic rings. The molecule has 0 heterocycles. The minimum absolute atomic E-state index is 0.151. The molecule has 0 spiro atoms. The molecular formula is C14H15O9PS3. The molecule has 0 amide bonds. The van der Waals surface area contributed by atoms with Crippen molar-refractivity contribution in [2.45, 2.75) is 21.7 Å². The second-order valence-corrected chi connectivity index (χ2v) is 12.9. The van der Waals surface area contributed by atoms with Crippen LogP contribution >= 0.6 is 7.92 Å². The maximum absolute atomic E-state index is 11.7. The summed E-state index contributed by atoms with van der Waals surface area (Å²) in [5, 5.41) is 0.301. The minimum Gasteiger partial charge on any atom is -0.285 e. The smallest absolute Gasteiger partial charge is 0.285 e. The quantitative estimate of drug-likeness (QED) is 0.424. The van der Waals surface area contributed by atoms with Crippen LogP contribution in [0.5, 0.6) is 0 Å². The first-order valence-corrected chi connectivity index (χ1v) is 12.9. The zero-order chi connectivity index (χ0) is 20.6. The fraction of sp³-hybridized carbons (Fsp3) is 0.143. The molecule has 0 saturated carbocycles.